The molecule has 0 radical (unpaired) electrons. The summed E-state index contributed by atoms with van der Waals surface area (Å²) in [5, 5.41) is 5.78. The Morgan fingerprint density at radius 3 is 2.52 bits per heavy atom. The molecule has 0 atom stereocenters. The summed E-state index contributed by atoms with van der Waals surface area (Å²) in [5.74, 6) is -0.0559. The largest absolute Gasteiger partial charge is 0.360 e. The van der Waals surface area contributed by atoms with Crippen molar-refractivity contribution < 1.29 is 9.59 Å². The van der Waals surface area contributed by atoms with Gasteiger partial charge in [0.25, 0.3) is 5.91 Å². The molecule has 29 heavy (non-hydrogen) atoms. The van der Waals surface area contributed by atoms with E-state index in [2.05, 4.69) is 15.6 Å². The van der Waals surface area contributed by atoms with Crippen LogP contribution in [-0.2, 0) is 17.9 Å². The molecule has 0 aliphatic carbocycles. The summed E-state index contributed by atoms with van der Waals surface area (Å²) in [7, 11) is 0. The zero-order chi connectivity index (χ0) is 20.1. The van der Waals surface area contributed by atoms with Crippen LogP contribution in [0.15, 0.2) is 67.3 Å². The first-order valence-electron chi connectivity index (χ1n) is 9.61. The Bertz CT molecular complexity index is 965. The fraction of sp³-hybridized carbons (Fsp3) is 0.227. The van der Waals surface area contributed by atoms with E-state index in [0.29, 0.717) is 25.2 Å². The summed E-state index contributed by atoms with van der Waals surface area (Å²) in [6, 6.07) is 15.5. The number of hydrogen-bond acceptors (Lipinski definition) is 4. The lowest BCUT2D eigenvalue weighted by Gasteiger charge is -2.28. The van der Waals surface area contributed by atoms with E-state index in [1.807, 2.05) is 64.2 Å². The lowest BCUT2D eigenvalue weighted by atomic mass is 10.1. The van der Waals surface area contributed by atoms with Crippen molar-refractivity contribution in [1.29, 1.82) is 0 Å². The molecule has 4 rings (SSSR count). The molecule has 2 heterocycles. The Hall–Kier alpha value is -3.61. The molecular weight excluding hydrogens is 366 g/mol. The van der Waals surface area contributed by atoms with Crippen LogP contribution in [0, 0.1) is 0 Å². The highest BCUT2D eigenvalue weighted by molar-refractivity contribution is 5.94. The maximum absolute atomic E-state index is 12.4. The van der Waals surface area contributed by atoms with Crippen LogP contribution in [0.25, 0.3) is 0 Å². The van der Waals surface area contributed by atoms with Gasteiger partial charge in [-0.15, -0.1) is 0 Å². The van der Waals surface area contributed by atoms with Crippen molar-refractivity contribution in [3.05, 3.63) is 83.9 Å². The van der Waals surface area contributed by atoms with Gasteiger partial charge in [0.05, 0.1) is 12.9 Å². The third-order valence-electron chi connectivity index (χ3n) is 4.93. The SMILES string of the molecule is O=C1CN(c2ccc(CNC(=O)c3ccc(Cn4ccnc4)cc3)cc2)CCN1. The zero-order valence-electron chi connectivity index (χ0n) is 16.0. The van der Waals surface area contributed by atoms with E-state index in [9.17, 15) is 9.59 Å². The number of rotatable bonds is 6. The van der Waals surface area contributed by atoms with Gasteiger partial charge in [0.1, 0.15) is 0 Å². The molecule has 2 amide bonds. The number of carbonyl (C=O) groups is 2. The predicted octanol–water partition coefficient (Wildman–Crippen LogP) is 1.80. The second-order valence-electron chi connectivity index (χ2n) is 7.05. The number of amides is 2. The molecule has 148 valence electrons. The number of benzene rings is 2. The van der Waals surface area contributed by atoms with Crippen LogP contribution < -0.4 is 15.5 Å². The Labute approximate surface area is 169 Å². The standard InChI is InChI=1S/C22H23N5O2/c28-21-15-27(12-10-24-21)20-7-3-17(4-8-20)13-25-22(29)19-5-1-18(2-6-19)14-26-11-9-23-16-26/h1-9,11,16H,10,12-15H2,(H,24,28)(H,25,29). The molecular formula is C22H23N5O2. The number of carbonyl (C=O) groups excluding carboxylic acids is 2. The van der Waals surface area contributed by atoms with E-state index >= 15 is 0 Å². The number of nitrogens with zero attached hydrogens (tertiary/aromatic N) is 3. The fourth-order valence-corrected chi connectivity index (χ4v) is 3.32. The van der Waals surface area contributed by atoms with E-state index < -0.39 is 0 Å². The van der Waals surface area contributed by atoms with Gasteiger partial charge in [0, 0.05) is 49.8 Å². The van der Waals surface area contributed by atoms with E-state index in [0.717, 1.165) is 29.9 Å². The van der Waals surface area contributed by atoms with E-state index in [1.54, 1.807) is 12.5 Å². The topological polar surface area (TPSA) is 79.3 Å². The van der Waals surface area contributed by atoms with Crippen molar-refractivity contribution in [2.24, 2.45) is 0 Å². The number of anilines is 1. The third-order valence-corrected chi connectivity index (χ3v) is 4.93. The first-order chi connectivity index (χ1) is 14.2. The Kier molecular flexibility index (Phi) is 5.56. The van der Waals surface area contributed by atoms with Crippen molar-refractivity contribution in [2.75, 3.05) is 24.5 Å². The highest BCUT2D eigenvalue weighted by Crippen LogP contribution is 2.16. The number of aromatic nitrogens is 2. The minimum Gasteiger partial charge on any atom is -0.360 e. The normalized spacial score (nSPS) is 13.8. The summed E-state index contributed by atoms with van der Waals surface area (Å²) in [6.45, 7) is 3.03. The molecule has 1 aliphatic heterocycles. The number of piperazine rings is 1. The molecule has 7 nitrogen and oxygen atoms in total. The summed E-state index contributed by atoms with van der Waals surface area (Å²) < 4.78 is 1.98. The second kappa shape index (κ2) is 8.60. The first kappa shape index (κ1) is 18.7. The lowest BCUT2D eigenvalue weighted by Crippen LogP contribution is -2.47. The highest BCUT2D eigenvalue weighted by Gasteiger charge is 2.16. The van der Waals surface area contributed by atoms with Gasteiger partial charge in [0.2, 0.25) is 5.91 Å². The number of hydrogen-bond donors (Lipinski definition) is 2. The predicted molar refractivity (Wildman–Crippen MR) is 111 cm³/mol. The van der Waals surface area contributed by atoms with Crippen molar-refractivity contribution in [1.82, 2.24) is 20.2 Å². The molecule has 7 heteroatoms. The maximum atomic E-state index is 12.4. The minimum atomic E-state index is -0.101. The summed E-state index contributed by atoms with van der Waals surface area (Å²) in [4.78, 5) is 30.0. The quantitative estimate of drug-likeness (QED) is 0.674. The number of nitrogens with one attached hydrogen (secondary N) is 2. The van der Waals surface area contributed by atoms with Gasteiger partial charge >= 0.3 is 0 Å². The molecule has 1 aliphatic rings. The van der Waals surface area contributed by atoms with Gasteiger partial charge in [-0.1, -0.05) is 24.3 Å². The molecule has 3 aromatic rings. The van der Waals surface area contributed by atoms with Crippen LogP contribution in [0.2, 0.25) is 0 Å². The van der Waals surface area contributed by atoms with Crippen molar-refractivity contribution >= 4 is 17.5 Å². The van der Waals surface area contributed by atoms with Crippen molar-refractivity contribution in [3.63, 3.8) is 0 Å². The van der Waals surface area contributed by atoms with E-state index in [4.69, 9.17) is 0 Å². The summed E-state index contributed by atoms with van der Waals surface area (Å²) >= 11 is 0. The monoisotopic (exact) mass is 389 g/mol. The van der Waals surface area contributed by atoms with Gasteiger partial charge in [-0.3, -0.25) is 9.59 Å². The molecule has 1 saturated heterocycles. The third kappa shape index (κ3) is 4.82. The van der Waals surface area contributed by atoms with E-state index in [1.165, 1.54) is 0 Å². The maximum Gasteiger partial charge on any atom is 0.251 e. The molecule has 0 saturated carbocycles. The van der Waals surface area contributed by atoms with Crippen LogP contribution in [0.3, 0.4) is 0 Å². The molecule has 1 aromatic heterocycles. The highest BCUT2D eigenvalue weighted by atomic mass is 16.2. The molecule has 2 aromatic carbocycles. The minimum absolute atomic E-state index is 0.0450. The fourth-order valence-electron chi connectivity index (χ4n) is 3.32. The molecule has 0 unspecified atom stereocenters. The average Bonchev–Trinajstić information content (AvgIpc) is 3.26. The van der Waals surface area contributed by atoms with E-state index in [-0.39, 0.29) is 11.8 Å². The van der Waals surface area contributed by atoms with Crippen molar-refractivity contribution in [3.8, 4) is 0 Å². The summed E-state index contributed by atoms with van der Waals surface area (Å²) in [5.41, 5.74) is 3.78. The zero-order valence-corrected chi connectivity index (χ0v) is 16.0. The molecule has 0 bridgehead atoms. The number of imidazole rings is 1. The summed E-state index contributed by atoms with van der Waals surface area (Å²) in [6.07, 6.45) is 5.43. The molecule has 2 N–H and O–H groups in total. The van der Waals surface area contributed by atoms with Gasteiger partial charge in [0.15, 0.2) is 0 Å². The molecule has 1 fully saturated rings. The van der Waals surface area contributed by atoms with Crippen LogP contribution in [-0.4, -0.2) is 41.0 Å². The van der Waals surface area contributed by atoms with Crippen LogP contribution in [0.5, 0.6) is 0 Å². The van der Waals surface area contributed by atoms with Crippen LogP contribution >= 0.6 is 0 Å². The first-order valence-corrected chi connectivity index (χ1v) is 9.61. The van der Waals surface area contributed by atoms with Gasteiger partial charge < -0.3 is 20.1 Å². The van der Waals surface area contributed by atoms with Crippen LogP contribution in [0.4, 0.5) is 5.69 Å². The smallest absolute Gasteiger partial charge is 0.251 e. The second-order valence-corrected chi connectivity index (χ2v) is 7.05. The van der Waals surface area contributed by atoms with Crippen LogP contribution in [0.1, 0.15) is 21.5 Å². The lowest BCUT2D eigenvalue weighted by molar-refractivity contribution is -0.120. The molecule has 0 spiro atoms. The Morgan fingerprint density at radius 1 is 1.07 bits per heavy atom. The van der Waals surface area contributed by atoms with Gasteiger partial charge in [-0.05, 0) is 35.4 Å². The van der Waals surface area contributed by atoms with Gasteiger partial charge in [-0.2, -0.15) is 0 Å². The Balaban J connectivity index is 1.30. The van der Waals surface area contributed by atoms with Crippen molar-refractivity contribution in [2.45, 2.75) is 13.1 Å². The average molecular weight is 389 g/mol. The Morgan fingerprint density at radius 2 is 1.83 bits per heavy atom. The van der Waals surface area contributed by atoms with Gasteiger partial charge in [-0.25, -0.2) is 4.98 Å².